The van der Waals surface area contributed by atoms with Gasteiger partial charge in [-0.05, 0) is 0 Å². The molecule has 0 aliphatic rings. The summed E-state index contributed by atoms with van der Waals surface area (Å²) in [6.07, 6.45) is 0. The summed E-state index contributed by atoms with van der Waals surface area (Å²) in [7, 11) is 0. The van der Waals surface area contributed by atoms with Crippen molar-refractivity contribution >= 4 is 17.8 Å². The van der Waals surface area contributed by atoms with E-state index < -0.39 is 0 Å². The van der Waals surface area contributed by atoms with Gasteiger partial charge in [-0.25, -0.2) is 4.73 Å². The second-order valence-corrected chi connectivity index (χ2v) is 1.59. The van der Waals surface area contributed by atoms with E-state index >= 15 is 0 Å². The molecule has 0 amide bonds. The van der Waals surface area contributed by atoms with Gasteiger partial charge in [0.1, 0.15) is 0 Å². The molecule has 0 radical (unpaired) electrons. The lowest BCUT2D eigenvalue weighted by molar-refractivity contribution is -0.579. The molecule has 0 aliphatic carbocycles. The van der Waals surface area contributed by atoms with Crippen LogP contribution in [0.4, 0.5) is 17.8 Å². The van der Waals surface area contributed by atoms with Crippen molar-refractivity contribution in [2.45, 2.75) is 0 Å². The van der Waals surface area contributed by atoms with Gasteiger partial charge in [0, 0.05) is 0 Å². The Hall–Kier alpha value is -1.79. The number of nitrogen functional groups attached to an aromatic ring is 3. The lowest BCUT2D eigenvalue weighted by Crippen LogP contribution is -2.36. The van der Waals surface area contributed by atoms with E-state index in [2.05, 4.69) is 9.97 Å². The summed E-state index contributed by atoms with van der Waals surface area (Å²) in [5.41, 5.74) is 15.2. The predicted octanol–water partition coefficient (Wildman–Crippen LogP) is -2.14. The molecule has 6 N–H and O–H groups in total. The highest BCUT2D eigenvalue weighted by molar-refractivity contribution is 5.26. The van der Waals surface area contributed by atoms with Gasteiger partial charge in [-0.3, -0.25) is 0 Å². The molecular weight excluding hydrogens is 136 g/mol. The fraction of sp³-hybridized carbons (Fsp3) is 0. The molecule has 10 heavy (non-hydrogen) atoms. The number of rotatable bonds is 0. The Balaban J connectivity index is 3.31. The molecule has 0 saturated carbocycles. The van der Waals surface area contributed by atoms with Crippen LogP contribution in [0.15, 0.2) is 0 Å². The molecule has 1 heterocycles. The minimum atomic E-state index is -0.301. The van der Waals surface area contributed by atoms with Crippen LogP contribution >= 0.6 is 0 Å². The first-order chi connectivity index (χ1) is 4.61. The van der Waals surface area contributed by atoms with Gasteiger partial charge in [0.05, 0.1) is 0 Å². The quantitative estimate of drug-likeness (QED) is 0.279. The molecule has 0 fully saturated rings. The normalized spacial score (nSPS) is 9.60. The lowest BCUT2D eigenvalue weighted by Gasteiger charge is -2.06. The molecular formula is C3H6N6O. The zero-order valence-corrected chi connectivity index (χ0v) is 4.98. The number of aromatic nitrogens is 3. The fourth-order valence-corrected chi connectivity index (χ4v) is 0.468. The van der Waals surface area contributed by atoms with Gasteiger partial charge in [-0.15, -0.1) is 0 Å². The van der Waals surface area contributed by atoms with Gasteiger partial charge in [-0.1, -0.05) is 9.97 Å². The number of nitrogens with two attached hydrogens (primary N) is 3. The van der Waals surface area contributed by atoms with E-state index in [0.717, 1.165) is 0 Å². The largest absolute Gasteiger partial charge is 0.762 e. The SMILES string of the molecule is Nc1nc(N)[n+]([O-])c(N)n1. The summed E-state index contributed by atoms with van der Waals surface area (Å²) in [6, 6.07) is 0. The van der Waals surface area contributed by atoms with E-state index in [-0.39, 0.29) is 22.6 Å². The Morgan fingerprint density at radius 3 is 1.90 bits per heavy atom. The smallest absolute Gasteiger partial charge is 0.321 e. The minimum Gasteiger partial charge on any atom is -0.762 e. The van der Waals surface area contributed by atoms with E-state index in [0.29, 0.717) is 0 Å². The topological polar surface area (TPSA) is 131 Å². The predicted molar refractivity (Wildman–Crippen MR) is 34.2 cm³/mol. The van der Waals surface area contributed by atoms with Crippen LogP contribution in [0.3, 0.4) is 0 Å². The van der Waals surface area contributed by atoms with Crippen LogP contribution in [0.5, 0.6) is 0 Å². The average molecular weight is 142 g/mol. The molecule has 1 aromatic rings. The molecule has 0 aromatic carbocycles. The minimum absolute atomic E-state index is 0.109. The van der Waals surface area contributed by atoms with Crippen molar-refractivity contribution in [3.8, 4) is 0 Å². The van der Waals surface area contributed by atoms with Crippen LogP contribution in [0.1, 0.15) is 0 Å². The van der Waals surface area contributed by atoms with Crippen molar-refractivity contribution in [3.05, 3.63) is 5.21 Å². The van der Waals surface area contributed by atoms with E-state index in [4.69, 9.17) is 17.2 Å². The van der Waals surface area contributed by atoms with Gasteiger partial charge in [-0.2, -0.15) is 0 Å². The molecule has 0 atom stereocenters. The first kappa shape index (κ1) is 6.33. The van der Waals surface area contributed by atoms with Gasteiger partial charge in [0.2, 0.25) is 0 Å². The summed E-state index contributed by atoms with van der Waals surface area (Å²) in [5, 5.41) is 10.6. The summed E-state index contributed by atoms with van der Waals surface area (Å²) in [5.74, 6) is -0.711. The third-order valence-corrected chi connectivity index (χ3v) is 0.874. The summed E-state index contributed by atoms with van der Waals surface area (Å²) in [4.78, 5) is 6.70. The lowest BCUT2D eigenvalue weighted by atomic mass is 10.8. The van der Waals surface area contributed by atoms with Crippen LogP contribution in [0, 0.1) is 5.21 Å². The van der Waals surface area contributed by atoms with Gasteiger partial charge >= 0.3 is 17.8 Å². The molecule has 0 unspecified atom stereocenters. The maximum atomic E-state index is 10.6. The number of anilines is 3. The van der Waals surface area contributed by atoms with Crippen LogP contribution < -0.4 is 21.9 Å². The van der Waals surface area contributed by atoms with E-state index in [1.165, 1.54) is 0 Å². The summed E-state index contributed by atoms with van der Waals surface area (Å²) < 4.78 is 0.191. The second-order valence-electron chi connectivity index (χ2n) is 1.59. The van der Waals surface area contributed by atoms with E-state index in [1.54, 1.807) is 0 Å². The molecule has 0 aliphatic heterocycles. The zero-order valence-electron chi connectivity index (χ0n) is 4.98. The average Bonchev–Trinajstić information content (AvgIpc) is 1.82. The standard InChI is InChI=1S/C3H6N6O/c4-1-7-2(5)9(10)3(6)8-1/h(H6,4,5,6,7,8). The van der Waals surface area contributed by atoms with Gasteiger partial charge in [0.25, 0.3) is 0 Å². The van der Waals surface area contributed by atoms with Crippen molar-refractivity contribution in [1.29, 1.82) is 0 Å². The molecule has 0 spiro atoms. The Morgan fingerprint density at radius 1 is 1.10 bits per heavy atom. The molecule has 54 valence electrons. The van der Waals surface area contributed by atoms with Crippen LogP contribution in [-0.4, -0.2) is 9.97 Å². The second kappa shape index (κ2) is 1.87. The summed E-state index contributed by atoms with van der Waals surface area (Å²) >= 11 is 0. The molecule has 0 bridgehead atoms. The number of nitrogens with zero attached hydrogens (tertiary/aromatic N) is 3. The molecule has 1 aromatic heterocycles. The highest BCUT2D eigenvalue weighted by atomic mass is 16.5. The Bertz CT molecular complexity index is 236. The van der Waals surface area contributed by atoms with Crippen LogP contribution in [0.2, 0.25) is 0 Å². The Morgan fingerprint density at radius 2 is 1.50 bits per heavy atom. The number of hydrogen-bond donors (Lipinski definition) is 3. The van der Waals surface area contributed by atoms with Crippen LogP contribution in [0.25, 0.3) is 0 Å². The van der Waals surface area contributed by atoms with Crippen molar-refractivity contribution in [1.82, 2.24) is 9.97 Å². The highest BCUT2D eigenvalue weighted by Crippen LogP contribution is 1.94. The molecule has 1 rings (SSSR count). The Kier molecular flexibility index (Phi) is 1.18. The van der Waals surface area contributed by atoms with Crippen molar-refractivity contribution in [3.63, 3.8) is 0 Å². The number of hydrogen-bond acceptors (Lipinski definition) is 6. The van der Waals surface area contributed by atoms with Gasteiger partial charge < -0.3 is 22.4 Å². The van der Waals surface area contributed by atoms with Crippen molar-refractivity contribution < 1.29 is 4.73 Å². The fourth-order valence-electron chi connectivity index (χ4n) is 0.468. The first-order valence-corrected chi connectivity index (χ1v) is 2.39. The summed E-state index contributed by atoms with van der Waals surface area (Å²) in [6.45, 7) is 0. The van der Waals surface area contributed by atoms with E-state index in [1.807, 2.05) is 0 Å². The van der Waals surface area contributed by atoms with Gasteiger partial charge in [0.15, 0.2) is 0 Å². The third-order valence-electron chi connectivity index (χ3n) is 0.874. The highest BCUT2D eigenvalue weighted by Gasteiger charge is 2.05. The van der Waals surface area contributed by atoms with Crippen molar-refractivity contribution in [2.75, 3.05) is 17.2 Å². The third kappa shape index (κ3) is 0.835. The molecule has 0 saturated heterocycles. The first-order valence-electron chi connectivity index (χ1n) is 2.39. The zero-order chi connectivity index (χ0) is 7.72. The van der Waals surface area contributed by atoms with E-state index in [9.17, 15) is 5.21 Å². The molecule has 7 nitrogen and oxygen atoms in total. The van der Waals surface area contributed by atoms with Crippen LogP contribution in [-0.2, 0) is 0 Å². The monoisotopic (exact) mass is 142 g/mol. The Labute approximate surface area is 56.1 Å². The van der Waals surface area contributed by atoms with Crippen molar-refractivity contribution in [2.24, 2.45) is 0 Å². The maximum absolute atomic E-state index is 10.6. The molecule has 7 heteroatoms. The maximum Gasteiger partial charge on any atom is 0.321 e.